The van der Waals surface area contributed by atoms with Crippen molar-refractivity contribution in [1.82, 2.24) is 0 Å². The molecule has 1 heterocycles. The molecular weight excluding hydrogens is 210 g/mol. The summed E-state index contributed by atoms with van der Waals surface area (Å²) >= 11 is 1.43. The first-order chi connectivity index (χ1) is 7.09. The summed E-state index contributed by atoms with van der Waals surface area (Å²) in [7, 11) is 0. The average molecular weight is 223 g/mol. The molecule has 0 saturated carbocycles. The molecule has 3 nitrogen and oxygen atoms in total. The highest BCUT2D eigenvalue weighted by Gasteiger charge is 2.31. The molecule has 0 radical (unpaired) electrons. The lowest BCUT2D eigenvalue weighted by atomic mass is 10.1. The number of rotatable bonds is 1. The Labute approximate surface area is 92.9 Å². The van der Waals surface area contributed by atoms with Crippen LogP contribution in [-0.2, 0) is 4.79 Å². The van der Waals surface area contributed by atoms with Gasteiger partial charge in [-0.25, -0.2) is 0 Å². The van der Waals surface area contributed by atoms with Crippen molar-refractivity contribution >= 4 is 23.4 Å². The van der Waals surface area contributed by atoms with E-state index in [1.165, 1.54) is 11.8 Å². The lowest BCUT2D eigenvalue weighted by molar-refractivity contribution is -0.136. The van der Waals surface area contributed by atoms with Crippen LogP contribution in [0.25, 0.3) is 0 Å². The van der Waals surface area contributed by atoms with Gasteiger partial charge in [-0.1, -0.05) is 12.1 Å². The molecule has 0 spiro atoms. The summed E-state index contributed by atoms with van der Waals surface area (Å²) in [6, 6.07) is 5.90. The first kappa shape index (κ1) is 10.4. The maximum absolute atomic E-state index is 11.0. The average Bonchev–Trinajstić information content (AvgIpc) is 2.18. The molecule has 0 aromatic heterocycles. The fraction of sp³-hybridized carbons (Fsp3) is 0.364. The standard InChI is InChI=1S/C11H13NO2S/c1-6-4-3-5-8-9(6)12-7(2)10(15-8)11(13)14/h3-5,7,10,12H,1-2H3,(H,13,14). The monoisotopic (exact) mass is 223 g/mol. The number of benzene rings is 1. The van der Waals surface area contributed by atoms with Gasteiger partial charge in [0.05, 0.1) is 5.69 Å². The van der Waals surface area contributed by atoms with Crippen molar-refractivity contribution in [3.63, 3.8) is 0 Å². The number of hydrogen-bond acceptors (Lipinski definition) is 3. The molecule has 1 aromatic rings. The van der Waals surface area contributed by atoms with Crippen molar-refractivity contribution in [2.75, 3.05) is 5.32 Å². The van der Waals surface area contributed by atoms with Crippen molar-refractivity contribution in [2.24, 2.45) is 0 Å². The zero-order chi connectivity index (χ0) is 11.0. The van der Waals surface area contributed by atoms with Crippen LogP contribution in [0.5, 0.6) is 0 Å². The zero-order valence-electron chi connectivity index (χ0n) is 8.65. The number of thioether (sulfide) groups is 1. The van der Waals surface area contributed by atoms with E-state index in [2.05, 4.69) is 5.32 Å². The molecule has 1 aromatic carbocycles. The van der Waals surface area contributed by atoms with Crippen LogP contribution in [0.15, 0.2) is 23.1 Å². The Morgan fingerprint density at radius 3 is 2.93 bits per heavy atom. The van der Waals surface area contributed by atoms with Crippen LogP contribution in [0.4, 0.5) is 5.69 Å². The van der Waals surface area contributed by atoms with Gasteiger partial charge < -0.3 is 10.4 Å². The van der Waals surface area contributed by atoms with Crippen molar-refractivity contribution in [3.8, 4) is 0 Å². The third-order valence-corrected chi connectivity index (χ3v) is 4.02. The molecule has 2 unspecified atom stereocenters. The number of nitrogens with one attached hydrogen (secondary N) is 1. The van der Waals surface area contributed by atoms with Crippen molar-refractivity contribution < 1.29 is 9.90 Å². The first-order valence-electron chi connectivity index (χ1n) is 4.85. The number of hydrogen-bond donors (Lipinski definition) is 2. The predicted molar refractivity (Wildman–Crippen MR) is 61.5 cm³/mol. The third kappa shape index (κ3) is 1.81. The first-order valence-corrected chi connectivity index (χ1v) is 5.73. The minimum atomic E-state index is -0.757. The Bertz CT molecular complexity index is 406. The molecule has 1 aliphatic heterocycles. The Kier molecular flexibility index (Phi) is 2.61. The fourth-order valence-electron chi connectivity index (χ4n) is 1.73. The van der Waals surface area contributed by atoms with Crippen LogP contribution in [0.2, 0.25) is 0 Å². The molecule has 4 heteroatoms. The van der Waals surface area contributed by atoms with Gasteiger partial charge in [0.15, 0.2) is 0 Å². The van der Waals surface area contributed by atoms with Gasteiger partial charge >= 0.3 is 5.97 Å². The van der Waals surface area contributed by atoms with Gasteiger partial charge in [0.1, 0.15) is 5.25 Å². The summed E-state index contributed by atoms with van der Waals surface area (Å²) in [5, 5.41) is 11.9. The molecule has 80 valence electrons. The summed E-state index contributed by atoms with van der Waals surface area (Å²) in [5.74, 6) is -0.757. The van der Waals surface area contributed by atoms with Crippen LogP contribution < -0.4 is 5.32 Å². The third-order valence-electron chi connectivity index (χ3n) is 2.56. The van der Waals surface area contributed by atoms with Gasteiger partial charge in [0.2, 0.25) is 0 Å². The van der Waals surface area contributed by atoms with Crippen molar-refractivity contribution in [3.05, 3.63) is 23.8 Å². The van der Waals surface area contributed by atoms with Crippen molar-refractivity contribution in [2.45, 2.75) is 30.0 Å². The van der Waals surface area contributed by atoms with E-state index >= 15 is 0 Å². The molecule has 15 heavy (non-hydrogen) atoms. The van der Waals surface area contributed by atoms with Gasteiger partial charge in [-0.3, -0.25) is 4.79 Å². The topological polar surface area (TPSA) is 49.3 Å². The van der Waals surface area contributed by atoms with Crippen LogP contribution in [0.3, 0.4) is 0 Å². The summed E-state index contributed by atoms with van der Waals surface area (Å²) in [6.07, 6.45) is 0. The maximum Gasteiger partial charge on any atom is 0.319 e. The molecule has 0 amide bonds. The van der Waals surface area contributed by atoms with Crippen LogP contribution in [0.1, 0.15) is 12.5 Å². The minimum Gasteiger partial charge on any atom is -0.480 e. The van der Waals surface area contributed by atoms with Gasteiger partial charge in [-0.05, 0) is 25.5 Å². The second-order valence-electron chi connectivity index (χ2n) is 3.76. The normalized spacial score (nSPS) is 24.1. The van der Waals surface area contributed by atoms with Gasteiger partial charge in [0.25, 0.3) is 0 Å². The lowest BCUT2D eigenvalue weighted by Crippen LogP contribution is -2.37. The molecule has 1 aliphatic rings. The largest absolute Gasteiger partial charge is 0.480 e. The number of carbonyl (C=O) groups is 1. The number of carboxylic acids is 1. The molecule has 2 atom stereocenters. The fourth-order valence-corrected chi connectivity index (χ4v) is 2.87. The van der Waals surface area contributed by atoms with Gasteiger partial charge in [-0.2, -0.15) is 0 Å². The zero-order valence-corrected chi connectivity index (χ0v) is 9.47. The molecule has 0 aliphatic carbocycles. The van der Waals surface area contributed by atoms with E-state index < -0.39 is 11.2 Å². The second kappa shape index (κ2) is 3.77. The number of aliphatic carboxylic acids is 1. The van der Waals surface area contributed by atoms with Crippen LogP contribution in [-0.4, -0.2) is 22.4 Å². The van der Waals surface area contributed by atoms with Gasteiger partial charge in [-0.15, -0.1) is 11.8 Å². The minimum absolute atomic E-state index is 0.0406. The highest BCUT2D eigenvalue weighted by Crippen LogP contribution is 2.39. The lowest BCUT2D eigenvalue weighted by Gasteiger charge is -2.30. The molecule has 2 N–H and O–H groups in total. The Balaban J connectivity index is 2.38. The molecule has 0 saturated heterocycles. The van der Waals surface area contributed by atoms with Gasteiger partial charge in [0, 0.05) is 10.9 Å². The highest BCUT2D eigenvalue weighted by atomic mass is 32.2. The second-order valence-corrected chi connectivity index (χ2v) is 4.94. The molecule has 2 rings (SSSR count). The van der Waals surface area contributed by atoms with Crippen molar-refractivity contribution in [1.29, 1.82) is 0 Å². The van der Waals surface area contributed by atoms with E-state index in [0.29, 0.717) is 0 Å². The smallest absolute Gasteiger partial charge is 0.319 e. The summed E-state index contributed by atoms with van der Waals surface area (Å²) in [6.45, 7) is 3.93. The number of carboxylic acid groups (broad SMARTS) is 1. The maximum atomic E-state index is 11.0. The molecular formula is C11H13NO2S. The number of fused-ring (bicyclic) bond motifs is 1. The Hall–Kier alpha value is -1.16. The number of para-hydroxylation sites is 1. The summed E-state index contributed by atoms with van der Waals surface area (Å²) in [5.41, 5.74) is 2.24. The predicted octanol–water partition coefficient (Wildman–Crippen LogP) is 2.35. The van der Waals surface area contributed by atoms with E-state index in [1.54, 1.807) is 0 Å². The Morgan fingerprint density at radius 2 is 2.27 bits per heavy atom. The highest BCUT2D eigenvalue weighted by molar-refractivity contribution is 8.00. The molecule has 0 fully saturated rings. The van der Waals surface area contributed by atoms with E-state index in [0.717, 1.165) is 16.1 Å². The Morgan fingerprint density at radius 1 is 1.53 bits per heavy atom. The van der Waals surface area contributed by atoms with E-state index in [4.69, 9.17) is 5.11 Å². The summed E-state index contributed by atoms with van der Waals surface area (Å²) in [4.78, 5) is 12.0. The van der Waals surface area contributed by atoms with Crippen LogP contribution in [0, 0.1) is 6.92 Å². The number of aryl methyl sites for hydroxylation is 1. The van der Waals surface area contributed by atoms with Crippen LogP contribution >= 0.6 is 11.8 Å². The van der Waals surface area contributed by atoms with E-state index in [9.17, 15) is 4.79 Å². The summed E-state index contributed by atoms with van der Waals surface area (Å²) < 4.78 is 0. The number of anilines is 1. The quantitative estimate of drug-likeness (QED) is 0.767. The molecule has 0 bridgehead atoms. The van der Waals surface area contributed by atoms with E-state index in [1.807, 2.05) is 32.0 Å². The van der Waals surface area contributed by atoms with E-state index in [-0.39, 0.29) is 6.04 Å². The SMILES string of the molecule is Cc1cccc2c1NC(C)C(C(=O)O)S2.